The maximum Gasteiger partial charge on any atom is 0.238 e. The van der Waals surface area contributed by atoms with Gasteiger partial charge in [0.15, 0.2) is 0 Å². The molecule has 1 aromatic heterocycles. The van der Waals surface area contributed by atoms with Gasteiger partial charge in [-0.1, -0.05) is 39.8 Å². The topological polar surface area (TPSA) is 73.1 Å². The largest absolute Gasteiger partial charge is 0.246 e. The Balaban J connectivity index is 1.88. The van der Waals surface area contributed by atoms with Gasteiger partial charge in [-0.05, 0) is 34.9 Å². The summed E-state index contributed by atoms with van der Waals surface area (Å²) in [5.41, 5.74) is 2.43. The predicted molar refractivity (Wildman–Crippen MR) is 93.3 cm³/mol. The highest BCUT2D eigenvalue weighted by Crippen LogP contribution is 2.70. The van der Waals surface area contributed by atoms with Gasteiger partial charge >= 0.3 is 0 Å². The first kappa shape index (κ1) is 16.6. The van der Waals surface area contributed by atoms with Crippen molar-refractivity contribution in [3.8, 4) is 0 Å². The van der Waals surface area contributed by atoms with E-state index in [4.69, 9.17) is 10.1 Å². The second kappa shape index (κ2) is 5.40. The molecule has 1 aliphatic rings. The molecule has 1 fully saturated rings. The molecule has 0 bridgehead atoms. The third-order valence-corrected chi connectivity index (χ3v) is 6.67. The molecular weight excluding hydrogens is 328 g/mol. The average Bonchev–Trinajstić information content (AvgIpc) is 2.84. The Bertz CT molecular complexity index is 821. The van der Waals surface area contributed by atoms with Gasteiger partial charge in [0, 0.05) is 11.3 Å². The van der Waals surface area contributed by atoms with Crippen molar-refractivity contribution in [2.45, 2.75) is 50.3 Å². The Kier molecular flexibility index (Phi) is 3.90. The van der Waals surface area contributed by atoms with Crippen LogP contribution < -0.4 is 5.14 Å². The molecule has 3 rings (SSSR count). The molecule has 0 radical (unpaired) electrons. The Labute approximate surface area is 141 Å². The van der Waals surface area contributed by atoms with Crippen LogP contribution in [0.1, 0.15) is 61.7 Å². The lowest BCUT2D eigenvalue weighted by Crippen LogP contribution is -2.11. The molecule has 124 valence electrons. The van der Waals surface area contributed by atoms with Gasteiger partial charge in [-0.15, -0.1) is 11.3 Å². The molecule has 0 aliphatic heterocycles. The van der Waals surface area contributed by atoms with Crippen molar-refractivity contribution in [2.24, 2.45) is 10.6 Å². The monoisotopic (exact) mass is 350 g/mol. The van der Waals surface area contributed by atoms with Crippen molar-refractivity contribution in [3.05, 3.63) is 45.9 Å². The van der Waals surface area contributed by atoms with E-state index in [1.165, 1.54) is 5.01 Å². The molecule has 1 saturated carbocycles. The fourth-order valence-electron chi connectivity index (χ4n) is 3.29. The highest BCUT2D eigenvalue weighted by atomic mass is 32.2. The van der Waals surface area contributed by atoms with Crippen molar-refractivity contribution in [3.63, 3.8) is 0 Å². The molecule has 0 saturated heterocycles. The number of thiazole rings is 1. The van der Waals surface area contributed by atoms with Gasteiger partial charge in [0.2, 0.25) is 10.0 Å². The summed E-state index contributed by atoms with van der Waals surface area (Å²) < 4.78 is 22.8. The summed E-state index contributed by atoms with van der Waals surface area (Å²) in [6.45, 7) is 8.79. The van der Waals surface area contributed by atoms with Gasteiger partial charge < -0.3 is 0 Å². The van der Waals surface area contributed by atoms with Gasteiger partial charge in [-0.3, -0.25) is 0 Å². The highest BCUT2D eigenvalue weighted by molar-refractivity contribution is 7.89. The van der Waals surface area contributed by atoms with Gasteiger partial charge in [-0.2, -0.15) is 0 Å². The van der Waals surface area contributed by atoms with Crippen molar-refractivity contribution in [1.29, 1.82) is 0 Å². The van der Waals surface area contributed by atoms with Crippen molar-refractivity contribution >= 4 is 21.4 Å². The van der Waals surface area contributed by atoms with Crippen molar-refractivity contribution < 1.29 is 8.42 Å². The lowest BCUT2D eigenvalue weighted by molar-refractivity contribution is 0.597. The Morgan fingerprint density at radius 1 is 1.17 bits per heavy atom. The number of nitrogens with two attached hydrogens (primary N) is 1. The van der Waals surface area contributed by atoms with E-state index in [0.29, 0.717) is 17.8 Å². The van der Waals surface area contributed by atoms with E-state index in [2.05, 4.69) is 33.1 Å². The average molecular weight is 351 g/mol. The summed E-state index contributed by atoms with van der Waals surface area (Å²) in [4.78, 5) is 4.96. The Morgan fingerprint density at radius 2 is 1.78 bits per heavy atom. The van der Waals surface area contributed by atoms with Crippen LogP contribution in [0.25, 0.3) is 0 Å². The zero-order chi connectivity index (χ0) is 17.0. The van der Waals surface area contributed by atoms with Crippen LogP contribution in [0, 0.1) is 5.41 Å². The lowest BCUT2D eigenvalue weighted by atomic mass is 10.0. The molecule has 0 amide bonds. The zero-order valence-electron chi connectivity index (χ0n) is 13.8. The first-order valence-electron chi connectivity index (χ1n) is 7.70. The molecule has 2 N–H and O–H groups in total. The van der Waals surface area contributed by atoms with E-state index in [-0.39, 0.29) is 10.3 Å². The second-order valence-electron chi connectivity index (χ2n) is 7.16. The van der Waals surface area contributed by atoms with E-state index in [1.54, 1.807) is 23.5 Å². The van der Waals surface area contributed by atoms with Gasteiger partial charge in [0.1, 0.15) is 0 Å². The van der Waals surface area contributed by atoms with Gasteiger partial charge in [0.25, 0.3) is 0 Å². The number of hydrogen-bond donors (Lipinski definition) is 1. The van der Waals surface area contributed by atoms with E-state index in [9.17, 15) is 8.42 Å². The Hall–Kier alpha value is -1.24. The lowest BCUT2D eigenvalue weighted by Gasteiger charge is -2.04. The maximum atomic E-state index is 11.4. The Morgan fingerprint density at radius 3 is 2.26 bits per heavy atom. The summed E-state index contributed by atoms with van der Waals surface area (Å²) in [6.07, 6.45) is 0. The maximum absolute atomic E-state index is 11.4. The molecule has 1 aliphatic carbocycles. The molecule has 4 nitrogen and oxygen atoms in total. The van der Waals surface area contributed by atoms with Crippen LogP contribution in [0.5, 0.6) is 0 Å². The van der Waals surface area contributed by atoms with E-state index in [0.717, 1.165) is 11.3 Å². The van der Waals surface area contributed by atoms with Crippen LogP contribution in [-0.4, -0.2) is 13.4 Å². The third-order valence-electron chi connectivity index (χ3n) is 4.79. The molecule has 2 atom stereocenters. The predicted octanol–water partition coefficient (Wildman–Crippen LogP) is 3.82. The quantitative estimate of drug-likeness (QED) is 0.911. The number of nitrogens with zero attached hydrogens (tertiary/aromatic N) is 1. The fourth-order valence-corrected chi connectivity index (χ4v) is 5.12. The summed E-state index contributed by atoms with van der Waals surface area (Å²) >= 11 is 1.73. The van der Waals surface area contributed by atoms with Gasteiger partial charge in [0.05, 0.1) is 15.6 Å². The molecular formula is C17H22N2O2S2. The first-order valence-corrected chi connectivity index (χ1v) is 10.1. The summed E-state index contributed by atoms with van der Waals surface area (Å²) in [6, 6.07) is 6.95. The van der Waals surface area contributed by atoms with Crippen LogP contribution in [0.4, 0.5) is 0 Å². The second-order valence-corrected chi connectivity index (χ2v) is 9.61. The number of rotatable bonds is 4. The molecule has 23 heavy (non-hydrogen) atoms. The van der Waals surface area contributed by atoms with Crippen LogP contribution in [-0.2, 0) is 10.0 Å². The normalized spacial score (nSPS) is 23.2. The smallest absolute Gasteiger partial charge is 0.238 e. The minimum Gasteiger partial charge on any atom is -0.246 e. The van der Waals surface area contributed by atoms with Crippen LogP contribution in [0.2, 0.25) is 0 Å². The number of hydrogen-bond acceptors (Lipinski definition) is 4. The van der Waals surface area contributed by atoms with E-state index >= 15 is 0 Å². The molecule has 1 heterocycles. The van der Waals surface area contributed by atoms with Crippen LogP contribution in [0.3, 0.4) is 0 Å². The third kappa shape index (κ3) is 2.95. The number of benzene rings is 1. The zero-order valence-corrected chi connectivity index (χ0v) is 15.4. The summed E-state index contributed by atoms with van der Waals surface area (Å²) in [7, 11) is -3.64. The number of primary sulfonamides is 1. The highest BCUT2D eigenvalue weighted by Gasteiger charge is 2.60. The summed E-state index contributed by atoms with van der Waals surface area (Å²) in [5.74, 6) is 1.19. The molecule has 6 heteroatoms. The number of aromatic nitrogens is 1. The van der Waals surface area contributed by atoms with E-state index in [1.807, 2.05) is 12.1 Å². The minimum absolute atomic E-state index is 0.134. The van der Waals surface area contributed by atoms with Crippen LogP contribution >= 0.6 is 11.3 Å². The molecule has 0 unspecified atom stereocenters. The fraction of sp³-hybridized carbons (Fsp3) is 0.471. The summed E-state index contributed by atoms with van der Waals surface area (Å²) in [5, 5.41) is 8.49. The van der Waals surface area contributed by atoms with Crippen LogP contribution in [0.15, 0.2) is 34.5 Å². The number of sulfonamides is 1. The molecule has 2 aromatic rings. The minimum atomic E-state index is -3.64. The van der Waals surface area contributed by atoms with E-state index < -0.39 is 10.0 Å². The first-order chi connectivity index (χ1) is 10.6. The SMILES string of the molecule is CC(C)c1csc([C@H]2[C@H](c3ccc(S(N)(=O)=O)cc3)C2(C)C)n1. The standard InChI is InChI=1S/C17H22N2O2S2/c1-10(2)13-9-22-16(19-13)15-14(17(15,3)4)11-5-7-12(8-6-11)23(18,20)21/h5-10,14-15H,1-4H3,(H2,18,20,21)/t14-,15+/m0/s1. The molecule has 0 spiro atoms. The van der Waals surface area contributed by atoms with Crippen molar-refractivity contribution in [1.82, 2.24) is 4.98 Å². The van der Waals surface area contributed by atoms with Crippen molar-refractivity contribution in [2.75, 3.05) is 0 Å². The van der Waals surface area contributed by atoms with Gasteiger partial charge in [-0.25, -0.2) is 18.5 Å². The molecule has 1 aromatic carbocycles.